The van der Waals surface area contributed by atoms with E-state index in [0.29, 0.717) is 0 Å². The van der Waals surface area contributed by atoms with E-state index in [1.165, 1.54) is 0 Å². The van der Waals surface area contributed by atoms with Gasteiger partial charge in [0.1, 0.15) is 5.71 Å². The van der Waals surface area contributed by atoms with Gasteiger partial charge >= 0.3 is 0 Å². The lowest BCUT2D eigenvalue weighted by molar-refractivity contribution is 0.905. The van der Waals surface area contributed by atoms with E-state index in [4.69, 9.17) is 0 Å². The Morgan fingerprint density at radius 2 is 2.00 bits per heavy atom. The first-order chi connectivity index (χ1) is 6.38. The fourth-order valence-corrected chi connectivity index (χ4v) is 1.02. The Bertz CT molecular complexity index is 301. The molecule has 0 saturated heterocycles. The molecule has 0 spiro atoms. The van der Waals surface area contributed by atoms with Gasteiger partial charge in [0.15, 0.2) is 0 Å². The van der Waals surface area contributed by atoms with Crippen molar-refractivity contribution in [3.8, 4) is 0 Å². The van der Waals surface area contributed by atoms with Gasteiger partial charge in [-0.3, -0.25) is 4.99 Å². The zero-order valence-corrected chi connectivity index (χ0v) is 7.86. The predicted octanol–water partition coefficient (Wildman–Crippen LogP) is 1.31. The van der Waals surface area contributed by atoms with Gasteiger partial charge in [0.25, 0.3) is 0 Å². The van der Waals surface area contributed by atoms with Crippen molar-refractivity contribution in [3.63, 3.8) is 0 Å². The maximum atomic E-state index is 4.10. The van der Waals surface area contributed by atoms with E-state index in [9.17, 15) is 0 Å². The van der Waals surface area contributed by atoms with Crippen molar-refractivity contribution in [3.05, 3.63) is 35.9 Å². The molecule has 1 rings (SSSR count). The van der Waals surface area contributed by atoms with Crippen LogP contribution in [0.3, 0.4) is 0 Å². The molecule has 0 unspecified atom stereocenters. The smallest absolute Gasteiger partial charge is 0.108 e. The van der Waals surface area contributed by atoms with Crippen molar-refractivity contribution in [1.29, 1.82) is 0 Å². The van der Waals surface area contributed by atoms with Crippen molar-refractivity contribution in [2.45, 2.75) is 0 Å². The molecule has 0 aromatic heterocycles. The summed E-state index contributed by atoms with van der Waals surface area (Å²) in [4.78, 5) is 3.94. The summed E-state index contributed by atoms with van der Waals surface area (Å²) in [6.45, 7) is 0. The van der Waals surface area contributed by atoms with Crippen molar-refractivity contribution >= 4 is 11.9 Å². The van der Waals surface area contributed by atoms with Gasteiger partial charge < -0.3 is 5.43 Å². The summed E-state index contributed by atoms with van der Waals surface area (Å²) in [5.41, 5.74) is 4.64. The molecule has 0 aliphatic heterocycles. The second-order valence-corrected chi connectivity index (χ2v) is 2.47. The molecule has 0 radical (unpaired) electrons. The number of hydrogen-bond donors (Lipinski definition) is 1. The quantitative estimate of drug-likeness (QED) is 0.545. The molecule has 0 saturated carbocycles. The third-order valence-electron chi connectivity index (χ3n) is 1.55. The molecule has 1 aromatic carbocycles. The minimum atomic E-state index is 0.839. The van der Waals surface area contributed by atoms with E-state index in [1.807, 2.05) is 30.3 Å². The van der Waals surface area contributed by atoms with E-state index in [2.05, 4.69) is 15.5 Å². The van der Waals surface area contributed by atoms with E-state index in [-0.39, 0.29) is 0 Å². The molecule has 0 amide bonds. The van der Waals surface area contributed by atoms with Crippen LogP contribution in [0.4, 0.5) is 0 Å². The largest absolute Gasteiger partial charge is 0.313 e. The number of nitrogens with one attached hydrogen (secondary N) is 1. The number of benzene rings is 1. The van der Waals surface area contributed by atoms with Crippen LogP contribution in [0.1, 0.15) is 5.56 Å². The van der Waals surface area contributed by atoms with E-state index < -0.39 is 0 Å². The third kappa shape index (κ3) is 2.71. The number of hydrogen-bond acceptors (Lipinski definition) is 3. The number of nitrogens with zero attached hydrogens (tertiary/aromatic N) is 2. The van der Waals surface area contributed by atoms with Crippen LogP contribution >= 0.6 is 0 Å². The summed E-state index contributed by atoms with van der Waals surface area (Å²) in [6.07, 6.45) is 1.73. The first kappa shape index (κ1) is 9.45. The van der Waals surface area contributed by atoms with Crippen molar-refractivity contribution in [2.75, 3.05) is 14.1 Å². The fraction of sp³-hybridized carbons (Fsp3) is 0.200. The molecule has 1 aromatic rings. The van der Waals surface area contributed by atoms with Crippen molar-refractivity contribution < 1.29 is 0 Å². The van der Waals surface area contributed by atoms with Gasteiger partial charge in [0, 0.05) is 25.9 Å². The van der Waals surface area contributed by atoms with Gasteiger partial charge in [-0.05, 0) is 0 Å². The molecule has 0 aliphatic rings. The Morgan fingerprint density at radius 3 is 2.54 bits per heavy atom. The number of aliphatic imine (C=N–C) groups is 1. The lowest BCUT2D eigenvalue weighted by atomic mass is 10.1. The highest BCUT2D eigenvalue weighted by molar-refractivity contribution is 6.38. The zero-order chi connectivity index (χ0) is 9.52. The Kier molecular flexibility index (Phi) is 3.70. The molecule has 13 heavy (non-hydrogen) atoms. The molecule has 68 valence electrons. The maximum absolute atomic E-state index is 4.10. The average molecular weight is 175 g/mol. The maximum Gasteiger partial charge on any atom is 0.108 e. The van der Waals surface area contributed by atoms with Crippen LogP contribution in [0.5, 0.6) is 0 Å². The summed E-state index contributed by atoms with van der Waals surface area (Å²) in [5, 5.41) is 4.10. The zero-order valence-electron chi connectivity index (χ0n) is 7.86. The molecule has 0 heterocycles. The summed E-state index contributed by atoms with van der Waals surface area (Å²) in [7, 11) is 3.50. The molecule has 3 nitrogen and oxygen atoms in total. The van der Waals surface area contributed by atoms with Gasteiger partial charge in [-0.15, -0.1) is 0 Å². The molecular formula is C10H13N3. The topological polar surface area (TPSA) is 36.8 Å². The number of hydrazone groups is 1. The van der Waals surface area contributed by atoms with E-state index in [1.54, 1.807) is 20.3 Å². The summed E-state index contributed by atoms with van der Waals surface area (Å²) in [5.74, 6) is 0. The molecule has 3 heteroatoms. The SMILES string of the molecule is CN=C/C(=N\NC)c1ccccc1. The van der Waals surface area contributed by atoms with Gasteiger partial charge in [-0.1, -0.05) is 30.3 Å². The Morgan fingerprint density at radius 1 is 1.31 bits per heavy atom. The molecule has 0 fully saturated rings. The van der Waals surface area contributed by atoms with Crippen LogP contribution in [0.2, 0.25) is 0 Å². The van der Waals surface area contributed by atoms with Crippen LogP contribution in [-0.4, -0.2) is 26.0 Å². The summed E-state index contributed by atoms with van der Waals surface area (Å²) in [6, 6.07) is 9.92. The number of rotatable bonds is 3. The monoisotopic (exact) mass is 175 g/mol. The second kappa shape index (κ2) is 5.09. The standard InChI is InChI=1S/C10H13N3/c1-11-8-10(13-12-2)9-6-4-3-5-7-9/h3-8,12H,1-2H3/b11-8?,13-10+. The molecular weight excluding hydrogens is 162 g/mol. The van der Waals surface area contributed by atoms with E-state index in [0.717, 1.165) is 11.3 Å². The third-order valence-corrected chi connectivity index (χ3v) is 1.55. The van der Waals surface area contributed by atoms with Crippen molar-refractivity contribution in [1.82, 2.24) is 5.43 Å². The average Bonchev–Trinajstić information content (AvgIpc) is 2.19. The predicted molar refractivity (Wildman–Crippen MR) is 56.5 cm³/mol. The fourth-order valence-electron chi connectivity index (χ4n) is 1.02. The highest BCUT2D eigenvalue weighted by Gasteiger charge is 1.97. The summed E-state index contributed by atoms with van der Waals surface area (Å²) < 4.78 is 0. The highest BCUT2D eigenvalue weighted by atomic mass is 15.3. The van der Waals surface area contributed by atoms with Gasteiger partial charge in [-0.2, -0.15) is 5.10 Å². The molecule has 0 bridgehead atoms. The molecule has 1 N–H and O–H groups in total. The molecule has 0 aliphatic carbocycles. The Hall–Kier alpha value is -1.64. The van der Waals surface area contributed by atoms with Gasteiger partial charge in [0.05, 0.1) is 0 Å². The lowest BCUT2D eigenvalue weighted by Gasteiger charge is -1.99. The minimum Gasteiger partial charge on any atom is -0.313 e. The second-order valence-electron chi connectivity index (χ2n) is 2.47. The van der Waals surface area contributed by atoms with Crippen LogP contribution < -0.4 is 5.43 Å². The van der Waals surface area contributed by atoms with E-state index >= 15 is 0 Å². The highest BCUT2D eigenvalue weighted by Crippen LogP contribution is 1.99. The van der Waals surface area contributed by atoms with Gasteiger partial charge in [-0.25, -0.2) is 0 Å². The van der Waals surface area contributed by atoms with Crippen molar-refractivity contribution in [2.24, 2.45) is 10.1 Å². The first-order valence-corrected chi connectivity index (χ1v) is 4.10. The van der Waals surface area contributed by atoms with Crippen LogP contribution in [0, 0.1) is 0 Å². The van der Waals surface area contributed by atoms with Crippen LogP contribution in [-0.2, 0) is 0 Å². The Balaban J connectivity index is 2.96. The van der Waals surface area contributed by atoms with Crippen LogP contribution in [0.25, 0.3) is 0 Å². The normalized spacial score (nSPS) is 12.0. The summed E-state index contributed by atoms with van der Waals surface area (Å²) >= 11 is 0. The van der Waals surface area contributed by atoms with Crippen LogP contribution in [0.15, 0.2) is 40.4 Å². The lowest BCUT2D eigenvalue weighted by Crippen LogP contribution is -2.08. The minimum absolute atomic E-state index is 0.839. The van der Waals surface area contributed by atoms with Gasteiger partial charge in [0.2, 0.25) is 0 Å². The first-order valence-electron chi connectivity index (χ1n) is 4.10. The Labute approximate surface area is 78.2 Å². The molecule has 0 atom stereocenters.